The van der Waals surface area contributed by atoms with Gasteiger partial charge in [0.25, 0.3) is 0 Å². The number of aryl methyl sites for hydroxylation is 3. The van der Waals surface area contributed by atoms with E-state index in [-0.39, 0.29) is 17.9 Å². The van der Waals surface area contributed by atoms with Crippen LogP contribution in [0.2, 0.25) is 0 Å². The van der Waals surface area contributed by atoms with E-state index in [4.69, 9.17) is 11.0 Å². The van der Waals surface area contributed by atoms with Gasteiger partial charge >= 0.3 is 0 Å². The summed E-state index contributed by atoms with van der Waals surface area (Å²) in [7, 11) is -3.63. The summed E-state index contributed by atoms with van der Waals surface area (Å²) < 4.78 is 24.9. The van der Waals surface area contributed by atoms with Crippen molar-refractivity contribution in [1.29, 1.82) is 5.26 Å². The second-order valence-corrected chi connectivity index (χ2v) is 6.54. The van der Waals surface area contributed by atoms with Gasteiger partial charge < -0.3 is 5.73 Å². The fourth-order valence-electron chi connectivity index (χ4n) is 2.20. The van der Waals surface area contributed by atoms with E-state index >= 15 is 0 Å². The van der Waals surface area contributed by atoms with Crippen LogP contribution in [-0.4, -0.2) is 20.2 Å². The molecule has 5 heteroatoms. The summed E-state index contributed by atoms with van der Waals surface area (Å²) in [5.41, 5.74) is 7.74. The Bertz CT molecular complexity index is 562. The molecule has 0 heterocycles. The maximum absolute atomic E-state index is 12.4. The van der Waals surface area contributed by atoms with Crippen LogP contribution in [0, 0.1) is 32.1 Å². The molecule has 0 radical (unpaired) electrons. The van der Waals surface area contributed by atoms with Gasteiger partial charge in [-0.05, 0) is 44.9 Å². The minimum atomic E-state index is -3.63. The third-order valence-electron chi connectivity index (χ3n) is 2.84. The monoisotopic (exact) mass is 266 g/mol. The molecule has 98 valence electrons. The molecule has 1 aromatic rings. The fourth-order valence-corrected chi connectivity index (χ4v) is 4.08. The molecule has 4 nitrogen and oxygen atoms in total. The molecule has 1 unspecified atom stereocenters. The average molecular weight is 266 g/mol. The van der Waals surface area contributed by atoms with Crippen molar-refractivity contribution in [3.8, 4) is 6.07 Å². The SMILES string of the molecule is Cc1cc(C)c(S(=O)(=O)C(C#N)CCN)c(C)c1. The molecule has 2 N–H and O–H groups in total. The highest BCUT2D eigenvalue weighted by atomic mass is 32.2. The maximum atomic E-state index is 12.4. The minimum absolute atomic E-state index is 0.158. The van der Waals surface area contributed by atoms with Crippen LogP contribution in [-0.2, 0) is 9.84 Å². The van der Waals surface area contributed by atoms with Crippen LogP contribution in [0.15, 0.2) is 17.0 Å². The lowest BCUT2D eigenvalue weighted by Crippen LogP contribution is -2.24. The quantitative estimate of drug-likeness (QED) is 0.897. The second kappa shape index (κ2) is 5.51. The molecular formula is C13H18N2O2S. The van der Waals surface area contributed by atoms with Crippen molar-refractivity contribution in [2.75, 3.05) is 6.54 Å². The second-order valence-electron chi connectivity index (χ2n) is 4.47. The van der Waals surface area contributed by atoms with Crippen molar-refractivity contribution >= 4 is 9.84 Å². The summed E-state index contributed by atoms with van der Waals surface area (Å²) in [5, 5.41) is 7.94. The van der Waals surface area contributed by atoms with Crippen molar-refractivity contribution in [3.63, 3.8) is 0 Å². The fraction of sp³-hybridized carbons (Fsp3) is 0.462. The van der Waals surface area contributed by atoms with Crippen LogP contribution in [0.3, 0.4) is 0 Å². The smallest absolute Gasteiger partial charge is 0.195 e. The number of rotatable bonds is 4. The number of nitrogens with zero attached hydrogens (tertiary/aromatic N) is 1. The highest BCUT2D eigenvalue weighted by Crippen LogP contribution is 2.26. The van der Waals surface area contributed by atoms with E-state index in [1.54, 1.807) is 13.8 Å². The molecule has 0 aromatic heterocycles. The summed E-state index contributed by atoms with van der Waals surface area (Å²) >= 11 is 0. The summed E-state index contributed by atoms with van der Waals surface area (Å²) in [4.78, 5) is 0.271. The lowest BCUT2D eigenvalue weighted by Gasteiger charge is -2.15. The molecular weight excluding hydrogens is 248 g/mol. The van der Waals surface area contributed by atoms with Gasteiger partial charge in [-0.1, -0.05) is 17.7 Å². The van der Waals surface area contributed by atoms with Gasteiger partial charge in [0.2, 0.25) is 0 Å². The molecule has 1 atom stereocenters. The van der Waals surface area contributed by atoms with Crippen LogP contribution >= 0.6 is 0 Å². The van der Waals surface area contributed by atoms with Crippen LogP contribution in [0.5, 0.6) is 0 Å². The Balaban J connectivity index is 3.42. The van der Waals surface area contributed by atoms with Gasteiger partial charge in [0.05, 0.1) is 11.0 Å². The molecule has 0 spiro atoms. The van der Waals surface area contributed by atoms with E-state index in [2.05, 4.69) is 0 Å². The summed E-state index contributed by atoms with van der Waals surface area (Å²) in [6.07, 6.45) is 0.158. The molecule has 18 heavy (non-hydrogen) atoms. The van der Waals surface area contributed by atoms with Crippen molar-refractivity contribution in [3.05, 3.63) is 28.8 Å². The first kappa shape index (κ1) is 14.7. The normalized spacial score (nSPS) is 13.1. The summed E-state index contributed by atoms with van der Waals surface area (Å²) in [6, 6.07) is 5.48. The van der Waals surface area contributed by atoms with Gasteiger partial charge in [-0.15, -0.1) is 0 Å². The Morgan fingerprint density at radius 1 is 1.28 bits per heavy atom. The minimum Gasteiger partial charge on any atom is -0.330 e. The molecule has 0 aliphatic carbocycles. The van der Waals surface area contributed by atoms with Gasteiger partial charge in [0.15, 0.2) is 15.1 Å². The molecule has 0 aliphatic rings. The maximum Gasteiger partial charge on any atom is 0.195 e. The molecule has 0 amide bonds. The van der Waals surface area contributed by atoms with E-state index in [0.717, 1.165) is 5.56 Å². The standard InChI is InChI=1S/C13H18N2O2S/c1-9-6-10(2)13(11(3)7-9)18(16,17)12(8-15)4-5-14/h6-7,12H,4-5,14H2,1-3H3. The molecule has 0 saturated carbocycles. The zero-order chi connectivity index (χ0) is 13.9. The number of nitriles is 1. The van der Waals surface area contributed by atoms with Gasteiger partial charge in [-0.3, -0.25) is 0 Å². The first-order chi connectivity index (χ1) is 8.34. The number of hydrogen-bond donors (Lipinski definition) is 1. The van der Waals surface area contributed by atoms with E-state index < -0.39 is 15.1 Å². The first-order valence-corrected chi connectivity index (χ1v) is 7.30. The Morgan fingerprint density at radius 2 is 1.78 bits per heavy atom. The highest BCUT2D eigenvalue weighted by Gasteiger charge is 2.29. The van der Waals surface area contributed by atoms with Crippen molar-refractivity contribution in [2.45, 2.75) is 37.3 Å². The van der Waals surface area contributed by atoms with E-state index in [1.165, 1.54) is 0 Å². The van der Waals surface area contributed by atoms with E-state index in [0.29, 0.717) is 11.1 Å². The van der Waals surface area contributed by atoms with E-state index in [9.17, 15) is 8.42 Å². The third kappa shape index (κ3) is 2.71. The summed E-state index contributed by atoms with van der Waals surface area (Å²) in [6.45, 7) is 5.60. The van der Waals surface area contributed by atoms with Gasteiger partial charge in [-0.25, -0.2) is 8.42 Å². The zero-order valence-electron chi connectivity index (χ0n) is 10.9. The van der Waals surface area contributed by atoms with Gasteiger partial charge in [0, 0.05) is 0 Å². The summed E-state index contributed by atoms with van der Waals surface area (Å²) in [5.74, 6) is 0. The number of hydrogen-bond acceptors (Lipinski definition) is 4. The van der Waals surface area contributed by atoms with Crippen LogP contribution < -0.4 is 5.73 Å². The predicted octanol–water partition coefficient (Wildman–Crippen LogP) is 1.63. The van der Waals surface area contributed by atoms with Crippen molar-refractivity contribution < 1.29 is 8.42 Å². The average Bonchev–Trinajstić information content (AvgIpc) is 2.23. The zero-order valence-corrected chi connectivity index (χ0v) is 11.7. The van der Waals surface area contributed by atoms with E-state index in [1.807, 2.05) is 25.1 Å². The number of nitrogens with two attached hydrogens (primary N) is 1. The van der Waals surface area contributed by atoms with Crippen LogP contribution in [0.1, 0.15) is 23.1 Å². The van der Waals surface area contributed by atoms with Crippen LogP contribution in [0.4, 0.5) is 0 Å². The Morgan fingerprint density at radius 3 is 2.17 bits per heavy atom. The topological polar surface area (TPSA) is 84.0 Å². The molecule has 0 saturated heterocycles. The Hall–Kier alpha value is -1.38. The Labute approximate surface area is 108 Å². The lowest BCUT2D eigenvalue weighted by molar-refractivity contribution is 0.584. The molecule has 0 bridgehead atoms. The van der Waals surface area contributed by atoms with Crippen molar-refractivity contribution in [2.24, 2.45) is 5.73 Å². The van der Waals surface area contributed by atoms with Crippen LogP contribution in [0.25, 0.3) is 0 Å². The van der Waals surface area contributed by atoms with Crippen molar-refractivity contribution in [1.82, 2.24) is 0 Å². The largest absolute Gasteiger partial charge is 0.330 e. The first-order valence-electron chi connectivity index (χ1n) is 5.76. The highest BCUT2D eigenvalue weighted by molar-refractivity contribution is 7.92. The number of sulfone groups is 1. The lowest BCUT2D eigenvalue weighted by atomic mass is 10.1. The van der Waals surface area contributed by atoms with Gasteiger partial charge in [0.1, 0.15) is 0 Å². The predicted molar refractivity (Wildman–Crippen MR) is 70.9 cm³/mol. The Kier molecular flexibility index (Phi) is 4.49. The molecule has 0 fully saturated rings. The van der Waals surface area contributed by atoms with Gasteiger partial charge in [-0.2, -0.15) is 5.26 Å². The number of benzene rings is 1. The molecule has 1 aromatic carbocycles. The molecule has 0 aliphatic heterocycles. The third-order valence-corrected chi connectivity index (χ3v) is 5.14. The molecule has 1 rings (SSSR count).